The lowest BCUT2D eigenvalue weighted by Gasteiger charge is -2.13. The second-order valence-corrected chi connectivity index (χ2v) is 6.21. The van der Waals surface area contributed by atoms with Gasteiger partial charge in [-0.1, -0.05) is 18.7 Å². The lowest BCUT2D eigenvalue weighted by Crippen LogP contribution is -2.22. The monoisotopic (exact) mass is 384 g/mol. The molecule has 2 rings (SSSR count). The van der Waals surface area contributed by atoms with E-state index in [1.54, 1.807) is 12.1 Å². The first-order valence-electron chi connectivity index (χ1n) is 9.29. The van der Waals surface area contributed by atoms with Crippen molar-refractivity contribution in [3.63, 3.8) is 0 Å². The highest BCUT2D eigenvalue weighted by Crippen LogP contribution is 2.24. The highest BCUT2D eigenvalue weighted by molar-refractivity contribution is 5.94. The molecule has 0 unspecified atom stereocenters. The number of carbonyl (C=O) groups excluding carboxylic acids is 1. The van der Waals surface area contributed by atoms with Crippen LogP contribution in [0.15, 0.2) is 60.7 Å². The Hall–Kier alpha value is -2.99. The van der Waals surface area contributed by atoms with E-state index in [4.69, 9.17) is 14.2 Å². The van der Waals surface area contributed by atoms with Gasteiger partial charge in [0.1, 0.15) is 24.7 Å². The van der Waals surface area contributed by atoms with Crippen molar-refractivity contribution in [2.24, 2.45) is 0 Å². The van der Waals surface area contributed by atoms with Gasteiger partial charge >= 0.3 is 0 Å². The minimum atomic E-state index is -0.153. The van der Waals surface area contributed by atoms with Gasteiger partial charge < -0.3 is 24.8 Å². The molecule has 28 heavy (non-hydrogen) atoms. The van der Waals surface area contributed by atoms with Crippen molar-refractivity contribution in [1.29, 1.82) is 0 Å². The van der Waals surface area contributed by atoms with E-state index in [-0.39, 0.29) is 12.5 Å². The zero-order valence-corrected chi connectivity index (χ0v) is 16.5. The fraction of sp³-hybridized carbons (Fsp3) is 0.318. The second-order valence-electron chi connectivity index (χ2n) is 6.21. The van der Waals surface area contributed by atoms with E-state index in [0.717, 1.165) is 17.0 Å². The first-order valence-corrected chi connectivity index (χ1v) is 9.29. The maximum absolute atomic E-state index is 12.2. The topological polar surface area (TPSA) is 68.8 Å². The first kappa shape index (κ1) is 21.3. The van der Waals surface area contributed by atoms with Gasteiger partial charge in [-0.25, -0.2) is 0 Å². The molecule has 2 N–H and O–H groups in total. The number of hydrogen-bond donors (Lipinski definition) is 2. The van der Waals surface area contributed by atoms with Crippen molar-refractivity contribution in [2.75, 3.05) is 43.6 Å². The van der Waals surface area contributed by atoms with Crippen molar-refractivity contribution >= 4 is 17.3 Å². The van der Waals surface area contributed by atoms with Crippen LogP contribution in [0.5, 0.6) is 11.5 Å². The van der Waals surface area contributed by atoms with Crippen LogP contribution in [-0.4, -0.2) is 38.9 Å². The van der Waals surface area contributed by atoms with Gasteiger partial charge in [0.2, 0.25) is 5.91 Å². The maximum atomic E-state index is 12.2. The van der Waals surface area contributed by atoms with Crippen molar-refractivity contribution in [2.45, 2.75) is 13.8 Å². The van der Waals surface area contributed by atoms with Crippen LogP contribution in [0, 0.1) is 0 Å². The summed E-state index contributed by atoms with van der Waals surface area (Å²) in [6, 6.07) is 14.7. The molecular weight excluding hydrogens is 356 g/mol. The van der Waals surface area contributed by atoms with E-state index in [9.17, 15) is 4.79 Å². The Bertz CT molecular complexity index is 759. The number of anilines is 2. The molecule has 6 heteroatoms. The number of amides is 1. The van der Waals surface area contributed by atoms with Crippen LogP contribution in [0.2, 0.25) is 0 Å². The predicted octanol–water partition coefficient (Wildman–Crippen LogP) is 4.11. The van der Waals surface area contributed by atoms with Gasteiger partial charge in [0, 0.05) is 12.3 Å². The normalized spacial score (nSPS) is 10.2. The van der Waals surface area contributed by atoms with Crippen LogP contribution < -0.4 is 20.1 Å². The summed E-state index contributed by atoms with van der Waals surface area (Å²) in [5.41, 5.74) is 2.39. The fourth-order valence-electron chi connectivity index (χ4n) is 2.32. The Balaban J connectivity index is 1.80. The average Bonchev–Trinajstić information content (AvgIpc) is 2.70. The Morgan fingerprint density at radius 3 is 2.50 bits per heavy atom. The third-order valence-electron chi connectivity index (χ3n) is 3.64. The van der Waals surface area contributed by atoms with Crippen LogP contribution >= 0.6 is 0 Å². The summed E-state index contributed by atoms with van der Waals surface area (Å²) >= 11 is 0. The van der Waals surface area contributed by atoms with Gasteiger partial charge in [-0.3, -0.25) is 4.79 Å². The van der Waals surface area contributed by atoms with Gasteiger partial charge in [0.15, 0.2) is 0 Å². The molecule has 0 atom stereocenters. The van der Waals surface area contributed by atoms with Crippen molar-refractivity contribution in [1.82, 2.24) is 0 Å². The summed E-state index contributed by atoms with van der Waals surface area (Å²) in [6.07, 6.45) is 0. The minimum absolute atomic E-state index is 0.125. The molecule has 0 aliphatic carbocycles. The summed E-state index contributed by atoms with van der Waals surface area (Å²) in [5, 5.41) is 5.95. The zero-order valence-electron chi connectivity index (χ0n) is 16.5. The summed E-state index contributed by atoms with van der Waals surface area (Å²) in [7, 11) is 0. The van der Waals surface area contributed by atoms with E-state index in [1.165, 1.54) is 0 Å². The summed E-state index contributed by atoms with van der Waals surface area (Å²) < 4.78 is 16.5. The van der Waals surface area contributed by atoms with Gasteiger partial charge in [-0.15, -0.1) is 0 Å². The summed E-state index contributed by atoms with van der Waals surface area (Å²) in [5.74, 6) is 1.27. The van der Waals surface area contributed by atoms with Crippen LogP contribution in [0.4, 0.5) is 11.4 Å². The molecular formula is C22H28N2O4. The fourth-order valence-corrected chi connectivity index (χ4v) is 2.32. The highest BCUT2D eigenvalue weighted by atomic mass is 16.5. The number of hydrogen-bond acceptors (Lipinski definition) is 5. The molecule has 0 spiro atoms. The molecule has 0 aliphatic heterocycles. The quantitative estimate of drug-likeness (QED) is 0.426. The highest BCUT2D eigenvalue weighted by Gasteiger charge is 2.07. The molecule has 0 aromatic heterocycles. The molecule has 0 aliphatic rings. The molecule has 2 aromatic carbocycles. The molecule has 0 saturated carbocycles. The Morgan fingerprint density at radius 2 is 1.79 bits per heavy atom. The van der Waals surface area contributed by atoms with Gasteiger partial charge in [-0.2, -0.15) is 0 Å². The SMILES string of the molecule is C=C(C)COc1ccccc1NCC(=O)Nc1ccc(OCCOCC)cc1. The second kappa shape index (κ2) is 11.7. The molecule has 0 fully saturated rings. The van der Waals surface area contributed by atoms with E-state index in [0.29, 0.717) is 37.9 Å². The number of rotatable bonds is 12. The summed E-state index contributed by atoms with van der Waals surface area (Å²) in [4.78, 5) is 12.2. The van der Waals surface area contributed by atoms with Gasteiger partial charge in [0.25, 0.3) is 0 Å². The number of benzene rings is 2. The molecule has 0 bridgehead atoms. The molecule has 6 nitrogen and oxygen atoms in total. The van der Waals surface area contributed by atoms with Crippen molar-refractivity contribution in [3.8, 4) is 11.5 Å². The van der Waals surface area contributed by atoms with E-state index in [1.807, 2.05) is 50.2 Å². The van der Waals surface area contributed by atoms with Gasteiger partial charge in [-0.05, 0) is 55.8 Å². The molecule has 0 heterocycles. The number of nitrogens with one attached hydrogen (secondary N) is 2. The largest absolute Gasteiger partial charge is 0.491 e. The lowest BCUT2D eigenvalue weighted by molar-refractivity contribution is -0.114. The zero-order chi connectivity index (χ0) is 20.2. The van der Waals surface area contributed by atoms with E-state index >= 15 is 0 Å². The number of para-hydroxylation sites is 2. The van der Waals surface area contributed by atoms with Crippen LogP contribution in [0.25, 0.3) is 0 Å². The molecule has 2 aromatic rings. The first-order chi connectivity index (χ1) is 13.6. The average molecular weight is 384 g/mol. The van der Waals surface area contributed by atoms with Crippen molar-refractivity contribution < 1.29 is 19.0 Å². The van der Waals surface area contributed by atoms with E-state index in [2.05, 4.69) is 17.2 Å². The van der Waals surface area contributed by atoms with Gasteiger partial charge in [0.05, 0.1) is 18.8 Å². The Morgan fingerprint density at radius 1 is 1.04 bits per heavy atom. The lowest BCUT2D eigenvalue weighted by atomic mass is 10.2. The molecule has 0 saturated heterocycles. The van der Waals surface area contributed by atoms with Crippen LogP contribution in [0.1, 0.15) is 13.8 Å². The molecule has 1 amide bonds. The standard InChI is InChI=1S/C22H28N2O4/c1-4-26-13-14-27-19-11-9-18(10-12-19)24-22(25)15-23-20-7-5-6-8-21(20)28-16-17(2)3/h5-12,23H,2,4,13-16H2,1,3H3,(H,24,25). The Labute approximate surface area is 166 Å². The summed E-state index contributed by atoms with van der Waals surface area (Å²) in [6.45, 7) is 9.96. The predicted molar refractivity (Wildman–Crippen MR) is 112 cm³/mol. The van der Waals surface area contributed by atoms with E-state index < -0.39 is 0 Å². The third kappa shape index (κ3) is 7.72. The van der Waals surface area contributed by atoms with Crippen LogP contribution in [-0.2, 0) is 9.53 Å². The molecule has 150 valence electrons. The number of ether oxygens (including phenoxy) is 3. The maximum Gasteiger partial charge on any atom is 0.243 e. The third-order valence-corrected chi connectivity index (χ3v) is 3.64. The van der Waals surface area contributed by atoms with Crippen molar-refractivity contribution in [3.05, 3.63) is 60.7 Å². The minimum Gasteiger partial charge on any atom is -0.491 e. The Kier molecular flexibility index (Phi) is 8.88. The smallest absolute Gasteiger partial charge is 0.243 e. The van der Waals surface area contributed by atoms with Crippen LogP contribution in [0.3, 0.4) is 0 Å². The number of carbonyl (C=O) groups is 1. The molecule has 0 radical (unpaired) electrons.